The van der Waals surface area contributed by atoms with Crippen LogP contribution in [0.2, 0.25) is 0 Å². The van der Waals surface area contributed by atoms with Gasteiger partial charge >= 0.3 is 0 Å². The first-order valence-corrected chi connectivity index (χ1v) is 8.01. The predicted octanol–water partition coefficient (Wildman–Crippen LogP) is 2.18. The maximum atomic E-state index is 12.1. The number of rotatable bonds is 7. The number of nitrogens with one attached hydrogen (secondary N) is 1. The summed E-state index contributed by atoms with van der Waals surface area (Å²) in [5.41, 5.74) is 1.21. The minimum absolute atomic E-state index is 0. The number of methoxy groups -OCH3 is 1. The molecule has 1 aromatic carbocycles. The summed E-state index contributed by atoms with van der Waals surface area (Å²) in [5, 5.41) is 3.08. The summed E-state index contributed by atoms with van der Waals surface area (Å²) in [4.78, 5) is 16.5. The van der Waals surface area contributed by atoms with Gasteiger partial charge in [0, 0.05) is 44.7 Å². The van der Waals surface area contributed by atoms with Crippen LogP contribution in [0.4, 0.5) is 0 Å². The predicted molar refractivity (Wildman–Crippen MR) is 103 cm³/mol. The largest absolute Gasteiger partial charge is 0.496 e. The Morgan fingerprint density at radius 3 is 2.46 bits per heavy atom. The van der Waals surface area contributed by atoms with Crippen LogP contribution in [0, 0.1) is 0 Å². The van der Waals surface area contributed by atoms with Gasteiger partial charge in [0.15, 0.2) is 0 Å². The third-order valence-corrected chi connectivity index (χ3v) is 4.13. The van der Waals surface area contributed by atoms with Crippen LogP contribution >= 0.6 is 24.8 Å². The molecule has 138 valence electrons. The van der Waals surface area contributed by atoms with Crippen LogP contribution in [-0.2, 0) is 11.3 Å². The first-order chi connectivity index (χ1) is 10.7. The maximum absolute atomic E-state index is 12.1. The van der Waals surface area contributed by atoms with E-state index in [-0.39, 0.29) is 30.7 Å². The van der Waals surface area contributed by atoms with Crippen LogP contribution in [0.3, 0.4) is 0 Å². The van der Waals surface area contributed by atoms with Crippen molar-refractivity contribution >= 4 is 30.7 Å². The van der Waals surface area contributed by atoms with Gasteiger partial charge in [-0.1, -0.05) is 18.2 Å². The van der Waals surface area contributed by atoms with Crippen LogP contribution in [0.1, 0.15) is 18.4 Å². The summed E-state index contributed by atoms with van der Waals surface area (Å²) in [6, 6.07) is 8.13. The highest BCUT2D eigenvalue weighted by molar-refractivity contribution is 5.85. The number of nitrogens with zero attached hydrogens (tertiary/aromatic N) is 2. The van der Waals surface area contributed by atoms with E-state index in [0.29, 0.717) is 6.42 Å². The van der Waals surface area contributed by atoms with Crippen molar-refractivity contribution in [2.75, 3.05) is 46.9 Å². The number of hydrogen-bond donors (Lipinski definition) is 1. The molecule has 1 N–H and O–H groups in total. The molecular weight excluding hydrogens is 349 g/mol. The van der Waals surface area contributed by atoms with Gasteiger partial charge in [0.25, 0.3) is 0 Å². The van der Waals surface area contributed by atoms with Crippen molar-refractivity contribution in [1.82, 2.24) is 15.1 Å². The highest BCUT2D eigenvalue weighted by atomic mass is 35.5. The Morgan fingerprint density at radius 1 is 1.17 bits per heavy atom. The van der Waals surface area contributed by atoms with Gasteiger partial charge in [0.05, 0.1) is 7.11 Å². The Morgan fingerprint density at radius 2 is 1.83 bits per heavy atom. The van der Waals surface area contributed by atoms with E-state index in [1.807, 2.05) is 30.1 Å². The average molecular weight is 378 g/mol. The molecule has 0 saturated carbocycles. The lowest BCUT2D eigenvalue weighted by Crippen LogP contribution is -2.48. The molecule has 1 saturated heterocycles. The molecular formula is C17H29Cl2N3O2. The molecule has 0 spiro atoms. The first kappa shape index (κ1) is 23.0. The van der Waals surface area contributed by atoms with Crippen molar-refractivity contribution in [2.45, 2.75) is 19.4 Å². The summed E-state index contributed by atoms with van der Waals surface area (Å²) in [6.45, 7) is 5.29. The Bertz CT molecular complexity index is 481. The van der Waals surface area contributed by atoms with E-state index in [1.165, 1.54) is 5.56 Å². The second-order valence-electron chi connectivity index (χ2n) is 5.68. The van der Waals surface area contributed by atoms with Gasteiger partial charge < -0.3 is 15.0 Å². The third-order valence-electron chi connectivity index (χ3n) is 4.13. The molecule has 0 unspecified atom stereocenters. The van der Waals surface area contributed by atoms with Crippen molar-refractivity contribution in [3.63, 3.8) is 0 Å². The fraction of sp³-hybridized carbons (Fsp3) is 0.588. The lowest BCUT2D eigenvalue weighted by atomic mass is 10.1. The van der Waals surface area contributed by atoms with Gasteiger partial charge in [-0.05, 0) is 26.1 Å². The molecule has 1 aliphatic heterocycles. The number of carbonyl (C=O) groups excluding carboxylic acids is 1. The minimum atomic E-state index is 0. The highest BCUT2D eigenvalue weighted by Crippen LogP contribution is 2.20. The number of carbonyl (C=O) groups is 1. The smallest absolute Gasteiger partial charge is 0.222 e. The van der Waals surface area contributed by atoms with E-state index in [1.54, 1.807) is 7.11 Å². The lowest BCUT2D eigenvalue weighted by Gasteiger charge is -2.35. The quantitative estimate of drug-likeness (QED) is 0.739. The zero-order valence-electron chi connectivity index (χ0n) is 14.5. The van der Waals surface area contributed by atoms with Gasteiger partial charge in [-0.15, -0.1) is 24.8 Å². The molecule has 7 heteroatoms. The van der Waals surface area contributed by atoms with Crippen molar-refractivity contribution in [2.24, 2.45) is 0 Å². The Kier molecular flexibility index (Phi) is 11.8. The summed E-state index contributed by atoms with van der Waals surface area (Å²) in [6.07, 6.45) is 1.56. The average Bonchev–Trinajstić information content (AvgIpc) is 2.56. The standard InChI is InChI=1S/C17H27N3O2.2ClH/c1-18-9-5-8-17(21)20-12-10-19(11-13-20)14-15-6-3-4-7-16(15)22-2;;/h3-4,6-7,18H,5,8-14H2,1-2H3;2*1H. The van der Waals surface area contributed by atoms with Gasteiger partial charge in [0.2, 0.25) is 5.91 Å². The number of ether oxygens (including phenoxy) is 1. The van der Waals surface area contributed by atoms with Crippen LogP contribution in [0.5, 0.6) is 5.75 Å². The zero-order valence-corrected chi connectivity index (χ0v) is 16.1. The molecule has 1 amide bonds. The fourth-order valence-corrected chi connectivity index (χ4v) is 2.80. The molecule has 0 aliphatic carbocycles. The van der Waals surface area contributed by atoms with Crippen molar-refractivity contribution < 1.29 is 9.53 Å². The molecule has 24 heavy (non-hydrogen) atoms. The minimum Gasteiger partial charge on any atom is -0.496 e. The number of hydrogen-bond acceptors (Lipinski definition) is 4. The molecule has 0 radical (unpaired) electrons. The van der Waals surface area contributed by atoms with Gasteiger partial charge in [-0.3, -0.25) is 9.69 Å². The second kappa shape index (κ2) is 12.4. The molecule has 1 fully saturated rings. The highest BCUT2D eigenvalue weighted by Gasteiger charge is 2.21. The van der Waals surface area contributed by atoms with Crippen LogP contribution in [0.15, 0.2) is 24.3 Å². The molecule has 1 aliphatic rings. The number of amides is 1. The normalized spacial score (nSPS) is 14.5. The van der Waals surface area contributed by atoms with E-state index >= 15 is 0 Å². The topological polar surface area (TPSA) is 44.8 Å². The van der Waals surface area contributed by atoms with Crippen molar-refractivity contribution in [3.05, 3.63) is 29.8 Å². The fourth-order valence-electron chi connectivity index (χ4n) is 2.80. The molecule has 0 aromatic heterocycles. The van der Waals surface area contributed by atoms with E-state index in [9.17, 15) is 4.79 Å². The van der Waals surface area contributed by atoms with Gasteiger partial charge in [-0.25, -0.2) is 0 Å². The molecule has 1 heterocycles. The third kappa shape index (κ3) is 6.85. The molecule has 5 nitrogen and oxygen atoms in total. The number of halogens is 2. The monoisotopic (exact) mass is 377 g/mol. The number of benzene rings is 1. The molecule has 0 bridgehead atoms. The van der Waals surface area contributed by atoms with E-state index in [4.69, 9.17) is 4.74 Å². The Labute approximate surface area is 157 Å². The molecule has 0 atom stereocenters. The summed E-state index contributed by atoms with van der Waals surface area (Å²) in [7, 11) is 3.63. The number of piperazine rings is 1. The summed E-state index contributed by atoms with van der Waals surface area (Å²) < 4.78 is 5.40. The number of para-hydroxylation sites is 1. The maximum Gasteiger partial charge on any atom is 0.222 e. The van der Waals surface area contributed by atoms with Crippen molar-refractivity contribution in [3.8, 4) is 5.75 Å². The zero-order chi connectivity index (χ0) is 15.8. The lowest BCUT2D eigenvalue weighted by molar-refractivity contribution is -0.133. The van der Waals surface area contributed by atoms with Crippen LogP contribution in [0.25, 0.3) is 0 Å². The molecule has 2 rings (SSSR count). The Hall–Kier alpha value is -1.01. The second-order valence-corrected chi connectivity index (χ2v) is 5.68. The van der Waals surface area contributed by atoms with E-state index < -0.39 is 0 Å². The Balaban J connectivity index is 0.00000264. The van der Waals surface area contributed by atoms with E-state index in [0.717, 1.165) is 51.4 Å². The summed E-state index contributed by atoms with van der Waals surface area (Å²) in [5.74, 6) is 1.22. The first-order valence-electron chi connectivity index (χ1n) is 8.01. The van der Waals surface area contributed by atoms with Crippen LogP contribution < -0.4 is 10.1 Å². The summed E-state index contributed by atoms with van der Waals surface area (Å²) >= 11 is 0. The van der Waals surface area contributed by atoms with E-state index in [2.05, 4.69) is 16.3 Å². The SMILES string of the molecule is CNCCCC(=O)N1CCN(Cc2ccccc2OC)CC1.Cl.Cl. The van der Waals surface area contributed by atoms with Crippen LogP contribution in [-0.4, -0.2) is 62.6 Å². The molecule has 1 aromatic rings. The van der Waals surface area contributed by atoms with Gasteiger partial charge in [-0.2, -0.15) is 0 Å². The van der Waals surface area contributed by atoms with Gasteiger partial charge in [0.1, 0.15) is 5.75 Å². The van der Waals surface area contributed by atoms with Crippen molar-refractivity contribution in [1.29, 1.82) is 0 Å².